The van der Waals surface area contributed by atoms with E-state index in [-0.39, 0.29) is 11.7 Å². The maximum Gasteiger partial charge on any atom is 0.246 e. The molecule has 2 saturated heterocycles. The summed E-state index contributed by atoms with van der Waals surface area (Å²) >= 11 is 0. The van der Waals surface area contributed by atoms with Crippen molar-refractivity contribution in [1.29, 1.82) is 0 Å². The zero-order valence-electron chi connectivity index (χ0n) is 24.9. The highest BCUT2D eigenvalue weighted by Crippen LogP contribution is 2.36. The summed E-state index contributed by atoms with van der Waals surface area (Å²) in [5.41, 5.74) is 3.26. The normalized spacial score (nSPS) is 18.9. The van der Waals surface area contributed by atoms with E-state index in [1.165, 1.54) is 11.6 Å². The lowest BCUT2D eigenvalue weighted by Crippen LogP contribution is -2.49. The molecule has 0 aliphatic carbocycles. The molecule has 0 radical (unpaired) electrons. The number of aromatic hydroxyl groups is 1. The number of phenolic OH excluding ortho intramolecular Hbond substituents is 1. The van der Waals surface area contributed by atoms with Gasteiger partial charge in [0.25, 0.3) is 0 Å². The maximum atomic E-state index is 12.2. The highest BCUT2D eigenvalue weighted by molar-refractivity contribution is 8.00. The lowest BCUT2D eigenvalue weighted by atomic mass is 10.0. The van der Waals surface area contributed by atoms with E-state index in [0.29, 0.717) is 31.1 Å². The van der Waals surface area contributed by atoms with Gasteiger partial charge in [-0.1, -0.05) is 30.8 Å². The molecule has 1 amide bonds. The third-order valence-corrected chi connectivity index (χ3v) is 10.9. The van der Waals surface area contributed by atoms with Crippen LogP contribution in [0.3, 0.4) is 0 Å². The second-order valence-corrected chi connectivity index (χ2v) is 14.7. The predicted molar refractivity (Wildman–Crippen MR) is 176 cm³/mol. The molecule has 0 unspecified atom stereocenters. The van der Waals surface area contributed by atoms with Gasteiger partial charge in [0.2, 0.25) is 5.91 Å². The Morgan fingerprint density at radius 3 is 2.51 bits per heavy atom. The number of unbranched alkanes of at least 4 members (excludes halogenated alkanes) is 1. The van der Waals surface area contributed by atoms with Crippen LogP contribution < -0.4 is 9.80 Å². The van der Waals surface area contributed by atoms with Gasteiger partial charge in [0, 0.05) is 86.4 Å². The van der Waals surface area contributed by atoms with Crippen molar-refractivity contribution < 1.29 is 14.1 Å². The fourth-order valence-electron chi connectivity index (χ4n) is 6.49. The minimum absolute atomic E-state index is 0.0229. The first-order chi connectivity index (χ1) is 20.8. The van der Waals surface area contributed by atoms with Gasteiger partial charge in [0.05, 0.1) is 12.2 Å². The maximum absolute atomic E-state index is 12.2. The van der Waals surface area contributed by atoms with Crippen molar-refractivity contribution >= 4 is 43.6 Å². The van der Waals surface area contributed by atoms with Gasteiger partial charge in [-0.05, 0) is 58.7 Å². The lowest BCUT2D eigenvalue weighted by Gasteiger charge is -2.38. The van der Waals surface area contributed by atoms with E-state index >= 15 is 0 Å². The number of piperazine rings is 1. The summed E-state index contributed by atoms with van der Waals surface area (Å²) in [4.78, 5) is 31.3. The van der Waals surface area contributed by atoms with Gasteiger partial charge < -0.3 is 24.7 Å². The SMILES string of the molecule is C=CC(=O)N1CCN(c2nc(CCCCN3CCS(=C)(=O)CC3)nc3c2CCN(c2cc(O)cc4ccccc24)C3)CC1. The Balaban J connectivity index is 1.22. The molecule has 9 nitrogen and oxygen atoms in total. The Bertz CT molecular complexity index is 1600. The molecule has 3 aliphatic heterocycles. The van der Waals surface area contributed by atoms with Gasteiger partial charge in [0.1, 0.15) is 17.4 Å². The van der Waals surface area contributed by atoms with E-state index < -0.39 is 9.52 Å². The van der Waals surface area contributed by atoms with Crippen LogP contribution in [0.4, 0.5) is 11.5 Å². The number of nitrogens with zero attached hydrogens (tertiary/aromatic N) is 6. The number of carbonyl (C=O) groups is 1. The summed E-state index contributed by atoms with van der Waals surface area (Å²) in [5.74, 6) is 7.39. The highest BCUT2D eigenvalue weighted by atomic mass is 32.2. The van der Waals surface area contributed by atoms with Crippen LogP contribution in [0.2, 0.25) is 0 Å². The summed E-state index contributed by atoms with van der Waals surface area (Å²) in [5, 5.41) is 12.6. The van der Waals surface area contributed by atoms with Crippen molar-refractivity contribution in [2.24, 2.45) is 0 Å². The first-order valence-electron chi connectivity index (χ1n) is 15.4. The fraction of sp³-hybridized carbons (Fsp3) is 0.455. The highest BCUT2D eigenvalue weighted by Gasteiger charge is 2.28. The van der Waals surface area contributed by atoms with Crippen LogP contribution in [-0.4, -0.2) is 105 Å². The number of hydrogen-bond acceptors (Lipinski definition) is 8. The average molecular weight is 603 g/mol. The van der Waals surface area contributed by atoms with Crippen molar-refractivity contribution in [2.75, 3.05) is 73.7 Å². The summed E-state index contributed by atoms with van der Waals surface area (Å²) in [7, 11) is -1.87. The molecule has 0 atom stereocenters. The van der Waals surface area contributed by atoms with E-state index in [0.717, 1.165) is 98.7 Å². The molecule has 2 aromatic carbocycles. The van der Waals surface area contributed by atoms with Crippen molar-refractivity contribution in [1.82, 2.24) is 19.8 Å². The number of benzene rings is 2. The third-order valence-electron chi connectivity index (χ3n) is 9.00. The molecule has 3 aliphatic rings. The molecule has 2 fully saturated rings. The van der Waals surface area contributed by atoms with E-state index in [1.807, 2.05) is 35.2 Å². The summed E-state index contributed by atoms with van der Waals surface area (Å²) < 4.78 is 12.2. The molecule has 4 heterocycles. The number of aromatic nitrogens is 2. The van der Waals surface area contributed by atoms with Crippen molar-refractivity contribution in [3.8, 4) is 5.75 Å². The van der Waals surface area contributed by atoms with Crippen LogP contribution >= 0.6 is 0 Å². The average Bonchev–Trinajstić information content (AvgIpc) is 3.02. The van der Waals surface area contributed by atoms with Crippen LogP contribution in [-0.2, 0) is 33.7 Å². The standard InChI is InChI=1S/C33H42N6O3S/c1-3-32(41)37-14-16-38(17-15-37)33-28-11-13-39(30-23-26(40)22-25-8-4-5-9-27(25)30)24-29(28)34-31(35-33)10-6-7-12-36-18-20-43(2,42)21-19-36/h3-5,8-9,22-23,40H,1-2,6-7,10-21,24H2. The van der Waals surface area contributed by atoms with Crippen LogP contribution in [0.15, 0.2) is 49.1 Å². The van der Waals surface area contributed by atoms with Crippen LogP contribution in [0.25, 0.3) is 10.8 Å². The molecule has 1 N–H and O–H groups in total. The quantitative estimate of drug-likeness (QED) is 0.239. The van der Waals surface area contributed by atoms with Gasteiger partial charge in [0.15, 0.2) is 0 Å². The van der Waals surface area contributed by atoms with E-state index in [1.54, 1.807) is 0 Å². The molecule has 228 valence electrons. The number of fused-ring (bicyclic) bond motifs is 2. The molecule has 43 heavy (non-hydrogen) atoms. The van der Waals surface area contributed by atoms with Gasteiger partial charge in [-0.2, -0.15) is 0 Å². The summed E-state index contributed by atoms with van der Waals surface area (Å²) in [6, 6.07) is 11.9. The number of carbonyl (C=O) groups excluding carboxylic acids is 1. The van der Waals surface area contributed by atoms with Crippen LogP contribution in [0, 0.1) is 0 Å². The van der Waals surface area contributed by atoms with E-state index in [2.05, 4.69) is 33.2 Å². The number of rotatable bonds is 8. The van der Waals surface area contributed by atoms with Gasteiger partial charge in [-0.25, -0.2) is 9.97 Å². The molecule has 6 rings (SSSR count). The smallest absolute Gasteiger partial charge is 0.246 e. The van der Waals surface area contributed by atoms with Crippen molar-refractivity contribution in [3.05, 3.63) is 66.1 Å². The second-order valence-electron chi connectivity index (χ2n) is 11.9. The zero-order valence-corrected chi connectivity index (χ0v) is 25.7. The molecule has 10 heteroatoms. The van der Waals surface area contributed by atoms with Gasteiger partial charge in [-0.3, -0.25) is 9.00 Å². The molecule has 0 saturated carbocycles. The van der Waals surface area contributed by atoms with Crippen molar-refractivity contribution in [2.45, 2.75) is 32.2 Å². The Labute approximate surface area is 254 Å². The van der Waals surface area contributed by atoms with E-state index in [4.69, 9.17) is 9.97 Å². The topological polar surface area (TPSA) is 93.1 Å². The fourth-order valence-corrected chi connectivity index (χ4v) is 7.88. The molecule has 0 spiro atoms. The Hall–Kier alpha value is -3.63. The molecular weight excluding hydrogens is 560 g/mol. The largest absolute Gasteiger partial charge is 0.508 e. The number of phenols is 1. The molecular formula is C33H42N6O3S. The predicted octanol–water partition coefficient (Wildman–Crippen LogP) is 3.09. The summed E-state index contributed by atoms with van der Waals surface area (Å²) in [6.07, 6.45) is 5.02. The molecule has 0 bridgehead atoms. The van der Waals surface area contributed by atoms with E-state index in [9.17, 15) is 14.1 Å². The molecule has 1 aromatic heterocycles. The Kier molecular flexibility index (Phi) is 8.59. The number of hydrogen-bond donors (Lipinski definition) is 1. The number of amides is 1. The van der Waals surface area contributed by atoms with Gasteiger partial charge >= 0.3 is 0 Å². The Morgan fingerprint density at radius 2 is 1.74 bits per heavy atom. The number of aryl methyl sites for hydroxylation is 1. The lowest BCUT2D eigenvalue weighted by molar-refractivity contribution is -0.126. The minimum Gasteiger partial charge on any atom is -0.508 e. The summed E-state index contributed by atoms with van der Waals surface area (Å²) in [6.45, 7) is 10.6. The molecule has 3 aromatic rings. The Morgan fingerprint density at radius 1 is 0.977 bits per heavy atom. The minimum atomic E-state index is -1.87. The van der Waals surface area contributed by atoms with Gasteiger partial charge in [-0.15, -0.1) is 0 Å². The monoisotopic (exact) mass is 602 g/mol. The van der Waals surface area contributed by atoms with Crippen LogP contribution in [0.5, 0.6) is 5.75 Å². The number of anilines is 2. The third kappa shape index (κ3) is 6.65. The zero-order chi connectivity index (χ0) is 30.0. The first kappa shape index (κ1) is 29.4. The second kappa shape index (κ2) is 12.5. The van der Waals surface area contributed by atoms with Crippen molar-refractivity contribution in [3.63, 3.8) is 0 Å². The first-order valence-corrected chi connectivity index (χ1v) is 17.4. The van der Waals surface area contributed by atoms with Crippen LogP contribution in [0.1, 0.15) is 29.9 Å².